The van der Waals surface area contributed by atoms with Crippen molar-refractivity contribution in [1.82, 2.24) is 0 Å². The van der Waals surface area contributed by atoms with Crippen molar-refractivity contribution in [3.63, 3.8) is 0 Å². The molecule has 0 atom stereocenters. The molecule has 0 saturated heterocycles. The van der Waals surface area contributed by atoms with Gasteiger partial charge in [-0.1, -0.05) is 28.1 Å². The summed E-state index contributed by atoms with van der Waals surface area (Å²) in [6, 6.07) is 9.38. The number of methoxy groups -OCH3 is 1. The van der Waals surface area contributed by atoms with Crippen LogP contribution in [0.25, 0.3) is 10.8 Å². The number of rotatable bonds is 2. The lowest BCUT2D eigenvalue weighted by Gasteiger charge is -2.05. The van der Waals surface area contributed by atoms with E-state index in [-0.39, 0.29) is 0 Å². The van der Waals surface area contributed by atoms with Crippen LogP contribution in [0, 0.1) is 0 Å². The third-order valence-corrected chi connectivity index (χ3v) is 2.93. The Balaban J connectivity index is 2.73. The van der Waals surface area contributed by atoms with Gasteiger partial charge < -0.3 is 4.74 Å². The van der Waals surface area contributed by atoms with Crippen LogP contribution in [0.5, 0.6) is 5.75 Å². The highest BCUT2D eigenvalue weighted by Gasteiger charge is 2.03. The van der Waals surface area contributed by atoms with E-state index >= 15 is 0 Å². The van der Waals surface area contributed by atoms with Crippen molar-refractivity contribution in [3.05, 3.63) is 40.4 Å². The number of hydrogen-bond donors (Lipinski definition) is 0. The summed E-state index contributed by atoms with van der Waals surface area (Å²) >= 11 is 3.46. The lowest BCUT2D eigenvalue weighted by molar-refractivity contribution is 0.112. The minimum Gasteiger partial charge on any atom is -0.497 e. The van der Waals surface area contributed by atoms with Crippen LogP contribution >= 0.6 is 15.9 Å². The highest BCUT2D eigenvalue weighted by Crippen LogP contribution is 2.29. The monoisotopic (exact) mass is 264 g/mol. The van der Waals surface area contributed by atoms with Gasteiger partial charge in [0.1, 0.15) is 12.0 Å². The van der Waals surface area contributed by atoms with E-state index in [1.165, 1.54) is 0 Å². The van der Waals surface area contributed by atoms with E-state index < -0.39 is 0 Å². The molecule has 0 unspecified atom stereocenters. The van der Waals surface area contributed by atoms with Crippen LogP contribution in [-0.4, -0.2) is 13.4 Å². The molecule has 0 N–H and O–H groups in total. The second-order valence-corrected chi connectivity index (χ2v) is 4.06. The van der Waals surface area contributed by atoms with Gasteiger partial charge >= 0.3 is 0 Å². The predicted molar refractivity (Wildman–Crippen MR) is 63.6 cm³/mol. The summed E-state index contributed by atoms with van der Waals surface area (Å²) in [6.45, 7) is 0. The summed E-state index contributed by atoms with van der Waals surface area (Å²) in [5.74, 6) is 0.799. The SMILES string of the molecule is COc1cc(Br)c2cc(C=O)ccc2c1. The maximum absolute atomic E-state index is 10.6. The van der Waals surface area contributed by atoms with E-state index in [0.717, 1.165) is 27.3 Å². The zero-order valence-corrected chi connectivity index (χ0v) is 9.74. The Morgan fingerprint density at radius 2 is 2.07 bits per heavy atom. The second-order valence-electron chi connectivity index (χ2n) is 3.21. The van der Waals surface area contributed by atoms with E-state index in [9.17, 15) is 4.79 Å². The van der Waals surface area contributed by atoms with Gasteiger partial charge in [0.05, 0.1) is 7.11 Å². The molecule has 0 amide bonds. The first-order valence-corrected chi connectivity index (χ1v) is 5.26. The van der Waals surface area contributed by atoms with Gasteiger partial charge in [0.2, 0.25) is 0 Å². The number of benzene rings is 2. The molecule has 2 nitrogen and oxygen atoms in total. The van der Waals surface area contributed by atoms with Crippen molar-refractivity contribution in [2.45, 2.75) is 0 Å². The van der Waals surface area contributed by atoms with Gasteiger partial charge in [0.15, 0.2) is 0 Å². The van der Waals surface area contributed by atoms with Crippen LogP contribution < -0.4 is 4.74 Å². The molecule has 0 radical (unpaired) electrons. The van der Waals surface area contributed by atoms with E-state index in [4.69, 9.17) is 4.74 Å². The van der Waals surface area contributed by atoms with Crippen molar-refractivity contribution in [1.29, 1.82) is 0 Å². The number of carbonyl (C=O) groups is 1. The Morgan fingerprint density at radius 3 is 2.73 bits per heavy atom. The second kappa shape index (κ2) is 4.03. The Kier molecular flexibility index (Phi) is 2.73. The fraction of sp³-hybridized carbons (Fsp3) is 0.0833. The fourth-order valence-corrected chi connectivity index (χ4v) is 2.06. The first kappa shape index (κ1) is 10.2. The Hall–Kier alpha value is -1.35. The van der Waals surface area contributed by atoms with Gasteiger partial charge in [-0.3, -0.25) is 4.79 Å². The van der Waals surface area contributed by atoms with Crippen molar-refractivity contribution in [2.24, 2.45) is 0 Å². The van der Waals surface area contributed by atoms with Gasteiger partial charge in [0.25, 0.3) is 0 Å². The number of halogens is 1. The molecule has 0 fully saturated rings. The number of hydrogen-bond acceptors (Lipinski definition) is 2. The normalized spacial score (nSPS) is 10.3. The first-order chi connectivity index (χ1) is 7.24. The molecule has 15 heavy (non-hydrogen) atoms. The average Bonchev–Trinajstić information content (AvgIpc) is 2.28. The van der Waals surface area contributed by atoms with Crippen LogP contribution in [0.3, 0.4) is 0 Å². The summed E-state index contributed by atoms with van der Waals surface area (Å²) in [7, 11) is 1.63. The van der Waals surface area contributed by atoms with E-state index in [1.807, 2.05) is 24.3 Å². The molecule has 3 heteroatoms. The number of fused-ring (bicyclic) bond motifs is 1. The summed E-state index contributed by atoms with van der Waals surface area (Å²) < 4.78 is 6.09. The molecule has 0 aromatic heterocycles. The molecule has 2 rings (SSSR count). The van der Waals surface area contributed by atoms with Gasteiger partial charge in [-0.2, -0.15) is 0 Å². The maximum atomic E-state index is 10.6. The summed E-state index contributed by atoms with van der Waals surface area (Å²) in [5.41, 5.74) is 0.674. The lowest BCUT2D eigenvalue weighted by atomic mass is 10.1. The van der Waals surface area contributed by atoms with Crippen LogP contribution in [0.15, 0.2) is 34.8 Å². The number of aldehydes is 1. The summed E-state index contributed by atoms with van der Waals surface area (Å²) in [6.07, 6.45) is 0.843. The highest BCUT2D eigenvalue weighted by atomic mass is 79.9. The first-order valence-electron chi connectivity index (χ1n) is 4.47. The van der Waals surface area contributed by atoms with Crippen molar-refractivity contribution in [3.8, 4) is 5.75 Å². The highest BCUT2D eigenvalue weighted by molar-refractivity contribution is 9.10. The Bertz CT molecular complexity index is 520. The number of carbonyl (C=O) groups excluding carboxylic acids is 1. The summed E-state index contributed by atoms with van der Waals surface area (Å²) in [4.78, 5) is 10.6. The quantitative estimate of drug-likeness (QED) is 0.777. The fourth-order valence-electron chi connectivity index (χ4n) is 1.50. The standard InChI is InChI=1S/C12H9BrO2/c1-15-10-5-9-3-2-8(7-14)4-11(9)12(13)6-10/h2-7H,1H3. The molecule has 0 heterocycles. The Morgan fingerprint density at radius 1 is 1.27 bits per heavy atom. The van der Waals surface area contributed by atoms with E-state index in [1.54, 1.807) is 13.2 Å². The predicted octanol–water partition coefficient (Wildman–Crippen LogP) is 3.42. The zero-order chi connectivity index (χ0) is 10.8. The molecular formula is C12H9BrO2. The molecule has 2 aromatic rings. The maximum Gasteiger partial charge on any atom is 0.150 e. The lowest BCUT2D eigenvalue weighted by Crippen LogP contribution is -1.85. The van der Waals surface area contributed by atoms with Crippen LogP contribution in [0.2, 0.25) is 0 Å². The van der Waals surface area contributed by atoms with Crippen molar-refractivity contribution in [2.75, 3.05) is 7.11 Å². The molecule has 0 aliphatic heterocycles. The van der Waals surface area contributed by atoms with E-state index in [0.29, 0.717) is 5.56 Å². The molecular weight excluding hydrogens is 256 g/mol. The third kappa shape index (κ3) is 1.88. The molecule has 0 spiro atoms. The van der Waals surface area contributed by atoms with Gasteiger partial charge in [-0.15, -0.1) is 0 Å². The third-order valence-electron chi connectivity index (χ3n) is 2.27. The minimum atomic E-state index is 0.674. The van der Waals surface area contributed by atoms with Crippen molar-refractivity contribution >= 4 is 33.0 Å². The van der Waals surface area contributed by atoms with Gasteiger partial charge in [-0.25, -0.2) is 0 Å². The molecule has 0 aliphatic rings. The van der Waals surface area contributed by atoms with Crippen LogP contribution in [0.4, 0.5) is 0 Å². The number of ether oxygens (including phenoxy) is 1. The topological polar surface area (TPSA) is 26.3 Å². The Labute approximate surface area is 96.0 Å². The van der Waals surface area contributed by atoms with Crippen LogP contribution in [0.1, 0.15) is 10.4 Å². The molecule has 2 aromatic carbocycles. The molecule has 0 aliphatic carbocycles. The molecule has 0 saturated carbocycles. The average molecular weight is 265 g/mol. The zero-order valence-electron chi connectivity index (χ0n) is 8.16. The molecule has 76 valence electrons. The largest absolute Gasteiger partial charge is 0.497 e. The molecule has 0 bridgehead atoms. The van der Waals surface area contributed by atoms with Gasteiger partial charge in [-0.05, 0) is 29.0 Å². The van der Waals surface area contributed by atoms with Crippen LogP contribution in [-0.2, 0) is 0 Å². The van der Waals surface area contributed by atoms with Crippen molar-refractivity contribution < 1.29 is 9.53 Å². The van der Waals surface area contributed by atoms with E-state index in [2.05, 4.69) is 15.9 Å². The minimum absolute atomic E-state index is 0.674. The smallest absolute Gasteiger partial charge is 0.150 e. The van der Waals surface area contributed by atoms with Gasteiger partial charge in [0, 0.05) is 10.0 Å². The summed E-state index contributed by atoms with van der Waals surface area (Å²) in [5, 5.41) is 2.06.